The summed E-state index contributed by atoms with van der Waals surface area (Å²) >= 11 is 5.07. The third-order valence-corrected chi connectivity index (χ3v) is 4.28. The Hall–Kier alpha value is -1.45. The van der Waals surface area contributed by atoms with Crippen LogP contribution in [0, 0.1) is 5.92 Å². The van der Waals surface area contributed by atoms with Gasteiger partial charge in [-0.05, 0) is 48.8 Å². The molecule has 0 radical (unpaired) electrons. The summed E-state index contributed by atoms with van der Waals surface area (Å²) < 4.78 is 11.2. The van der Waals surface area contributed by atoms with Gasteiger partial charge in [0.2, 0.25) is 0 Å². The van der Waals surface area contributed by atoms with Crippen molar-refractivity contribution in [3.05, 3.63) is 24.3 Å². The molecule has 140 valence electrons. The highest BCUT2D eigenvalue weighted by molar-refractivity contribution is 7.80. The number of hydrogen-bond donors (Lipinski definition) is 4. The Morgan fingerprint density at radius 2 is 1.92 bits per heavy atom. The zero-order valence-corrected chi connectivity index (χ0v) is 15.2. The molecule has 1 saturated heterocycles. The fourth-order valence-electron chi connectivity index (χ4n) is 2.61. The third-order valence-electron chi connectivity index (χ3n) is 4.09. The van der Waals surface area contributed by atoms with E-state index in [1.54, 1.807) is 24.3 Å². The monoisotopic (exact) mass is 370 g/mol. The summed E-state index contributed by atoms with van der Waals surface area (Å²) in [6, 6.07) is 7.06. The summed E-state index contributed by atoms with van der Waals surface area (Å²) in [5.74, 6) is 1.28. The molecule has 0 bridgehead atoms. The average molecular weight is 370 g/mol. The van der Waals surface area contributed by atoms with E-state index in [0.717, 1.165) is 6.42 Å². The van der Waals surface area contributed by atoms with E-state index < -0.39 is 31.1 Å². The molecule has 1 aromatic rings. The van der Waals surface area contributed by atoms with Crippen LogP contribution < -0.4 is 15.4 Å². The van der Waals surface area contributed by atoms with Crippen molar-refractivity contribution in [3.63, 3.8) is 0 Å². The molecule has 1 unspecified atom stereocenters. The first-order valence-corrected chi connectivity index (χ1v) is 8.70. The molecule has 4 atom stereocenters. The normalized spacial score (nSPS) is 26.0. The molecule has 5 N–H and O–H groups in total. The summed E-state index contributed by atoms with van der Waals surface area (Å²) in [6.07, 6.45) is -3.37. The smallest absolute Gasteiger partial charge is 0.173 e. The number of hydrogen-bond acceptors (Lipinski definition) is 6. The van der Waals surface area contributed by atoms with Gasteiger partial charge in [0.05, 0.1) is 13.2 Å². The summed E-state index contributed by atoms with van der Waals surface area (Å²) in [7, 11) is 0. The molecule has 1 aliphatic rings. The van der Waals surface area contributed by atoms with Gasteiger partial charge in [0.15, 0.2) is 11.3 Å². The standard InChI is InChI=1S/C17H26N2O5S/c1-10(2)7-8-23-12-5-3-11(4-6-12)19(17(18)25)16-15(22)14(21)13(9-20)24-16/h3-6,10,13-16,20-22H,7-9H2,1-2H3,(H2,18,25)/t13-,14-,15+,16?/m1/s1. The van der Waals surface area contributed by atoms with Crippen LogP contribution in [0.5, 0.6) is 5.75 Å². The van der Waals surface area contributed by atoms with Gasteiger partial charge in [0.25, 0.3) is 0 Å². The van der Waals surface area contributed by atoms with Crippen molar-refractivity contribution in [2.75, 3.05) is 18.1 Å². The minimum atomic E-state index is -1.25. The van der Waals surface area contributed by atoms with Gasteiger partial charge in [-0.25, -0.2) is 0 Å². The lowest BCUT2D eigenvalue weighted by Gasteiger charge is -2.31. The molecule has 0 aliphatic carbocycles. The molecule has 1 aromatic carbocycles. The minimum absolute atomic E-state index is 0.0108. The molecule has 0 amide bonds. The maximum atomic E-state index is 10.2. The first-order chi connectivity index (χ1) is 11.8. The number of aliphatic hydroxyl groups excluding tert-OH is 3. The molecule has 1 fully saturated rings. The van der Waals surface area contributed by atoms with Crippen molar-refractivity contribution in [3.8, 4) is 5.75 Å². The lowest BCUT2D eigenvalue weighted by Crippen LogP contribution is -2.49. The van der Waals surface area contributed by atoms with E-state index in [2.05, 4.69) is 13.8 Å². The highest BCUT2D eigenvalue weighted by atomic mass is 32.1. The highest BCUT2D eigenvalue weighted by Crippen LogP contribution is 2.29. The second-order valence-corrected chi connectivity index (χ2v) is 6.88. The quantitative estimate of drug-likeness (QED) is 0.517. The van der Waals surface area contributed by atoms with Gasteiger partial charge in [0, 0.05) is 5.69 Å². The first kappa shape index (κ1) is 19.9. The van der Waals surface area contributed by atoms with Crippen LogP contribution >= 0.6 is 12.2 Å². The van der Waals surface area contributed by atoms with Gasteiger partial charge in [-0.1, -0.05) is 13.8 Å². The van der Waals surface area contributed by atoms with Gasteiger partial charge < -0.3 is 30.5 Å². The van der Waals surface area contributed by atoms with Gasteiger partial charge in [0.1, 0.15) is 24.1 Å². The Kier molecular flexibility index (Phi) is 6.97. The van der Waals surface area contributed by atoms with Crippen molar-refractivity contribution in [2.24, 2.45) is 11.7 Å². The fraction of sp³-hybridized carbons (Fsp3) is 0.588. The van der Waals surface area contributed by atoms with Crippen LogP contribution in [0.1, 0.15) is 20.3 Å². The summed E-state index contributed by atoms with van der Waals surface area (Å²) in [5.41, 5.74) is 6.38. The number of rotatable bonds is 7. The van der Waals surface area contributed by atoms with E-state index in [1.807, 2.05) is 0 Å². The first-order valence-electron chi connectivity index (χ1n) is 8.29. The van der Waals surface area contributed by atoms with Crippen LogP contribution in [0.25, 0.3) is 0 Å². The SMILES string of the molecule is CC(C)CCOc1ccc(N(C(N)=S)C2O[C@H](CO)[C@@H](O)[C@@H]2O)cc1. The third kappa shape index (κ3) is 4.80. The summed E-state index contributed by atoms with van der Waals surface area (Å²) in [5, 5.41) is 29.3. The van der Waals surface area contributed by atoms with Gasteiger partial charge >= 0.3 is 0 Å². The molecule has 7 nitrogen and oxygen atoms in total. The van der Waals surface area contributed by atoms with Crippen LogP contribution in [0.15, 0.2) is 24.3 Å². The Bertz CT molecular complexity index is 569. The van der Waals surface area contributed by atoms with E-state index in [9.17, 15) is 15.3 Å². The van der Waals surface area contributed by atoms with E-state index in [-0.39, 0.29) is 5.11 Å². The Labute approximate surface area is 153 Å². The zero-order valence-electron chi connectivity index (χ0n) is 14.4. The van der Waals surface area contributed by atoms with Crippen molar-refractivity contribution >= 4 is 23.0 Å². The predicted molar refractivity (Wildman–Crippen MR) is 98.4 cm³/mol. The number of nitrogens with zero attached hydrogens (tertiary/aromatic N) is 1. The lowest BCUT2D eigenvalue weighted by atomic mass is 10.1. The van der Waals surface area contributed by atoms with Crippen molar-refractivity contribution < 1.29 is 24.8 Å². The van der Waals surface area contributed by atoms with Crippen molar-refractivity contribution in [2.45, 2.75) is 44.8 Å². The lowest BCUT2D eigenvalue weighted by molar-refractivity contribution is -0.0191. The zero-order chi connectivity index (χ0) is 18.6. The highest BCUT2D eigenvalue weighted by Gasteiger charge is 2.46. The summed E-state index contributed by atoms with van der Waals surface area (Å²) in [4.78, 5) is 1.41. The number of benzene rings is 1. The maximum Gasteiger partial charge on any atom is 0.173 e. The van der Waals surface area contributed by atoms with E-state index in [0.29, 0.717) is 24.0 Å². The second kappa shape index (κ2) is 8.77. The van der Waals surface area contributed by atoms with E-state index in [4.69, 9.17) is 27.4 Å². The van der Waals surface area contributed by atoms with Crippen molar-refractivity contribution in [1.29, 1.82) is 0 Å². The number of anilines is 1. The summed E-state index contributed by atoms with van der Waals surface area (Å²) in [6.45, 7) is 4.48. The molecular formula is C17H26N2O5S. The van der Waals surface area contributed by atoms with Crippen molar-refractivity contribution in [1.82, 2.24) is 0 Å². The predicted octanol–water partition coefficient (Wildman–Crippen LogP) is 0.600. The van der Waals surface area contributed by atoms with Gasteiger partial charge in [-0.3, -0.25) is 4.90 Å². The maximum absolute atomic E-state index is 10.2. The number of thiocarbonyl (C=S) groups is 1. The van der Waals surface area contributed by atoms with Gasteiger partial charge in [-0.2, -0.15) is 0 Å². The van der Waals surface area contributed by atoms with E-state index in [1.165, 1.54) is 4.90 Å². The van der Waals surface area contributed by atoms with Crippen LogP contribution in [0.2, 0.25) is 0 Å². The largest absolute Gasteiger partial charge is 0.494 e. The molecule has 0 spiro atoms. The van der Waals surface area contributed by atoms with Crippen LogP contribution in [-0.2, 0) is 4.74 Å². The molecule has 8 heteroatoms. The molecule has 0 saturated carbocycles. The average Bonchev–Trinajstić information content (AvgIpc) is 2.84. The molecule has 1 aliphatic heterocycles. The number of nitrogens with two attached hydrogens (primary N) is 1. The van der Waals surface area contributed by atoms with Gasteiger partial charge in [-0.15, -0.1) is 0 Å². The molecular weight excluding hydrogens is 344 g/mol. The Morgan fingerprint density at radius 3 is 2.40 bits per heavy atom. The second-order valence-electron chi connectivity index (χ2n) is 6.46. The molecule has 0 aromatic heterocycles. The fourth-order valence-corrected chi connectivity index (χ4v) is 2.82. The number of aliphatic hydroxyl groups is 3. The number of ether oxygens (including phenoxy) is 2. The Morgan fingerprint density at radius 1 is 1.28 bits per heavy atom. The van der Waals surface area contributed by atoms with Crippen LogP contribution in [-0.4, -0.2) is 58.2 Å². The molecule has 1 heterocycles. The van der Waals surface area contributed by atoms with Crippen LogP contribution in [0.3, 0.4) is 0 Å². The topological polar surface area (TPSA) is 108 Å². The minimum Gasteiger partial charge on any atom is -0.494 e. The Balaban J connectivity index is 2.11. The molecule has 2 rings (SSSR count). The van der Waals surface area contributed by atoms with Crippen LogP contribution in [0.4, 0.5) is 5.69 Å². The molecule has 25 heavy (non-hydrogen) atoms. The van der Waals surface area contributed by atoms with E-state index >= 15 is 0 Å².